The molecule has 4 rings (SSSR count). The average molecular weight is 440 g/mol. The Morgan fingerprint density at radius 1 is 1.26 bits per heavy atom. The molecule has 2 heterocycles. The highest BCUT2D eigenvalue weighted by atomic mass is 35.5. The molecule has 31 heavy (non-hydrogen) atoms. The number of halogens is 1. The van der Waals surface area contributed by atoms with Gasteiger partial charge in [0.05, 0.1) is 17.0 Å². The van der Waals surface area contributed by atoms with Crippen LogP contribution in [0.5, 0.6) is 5.75 Å². The number of aromatic hydroxyl groups is 1. The molecule has 1 fully saturated rings. The van der Waals surface area contributed by atoms with Crippen LogP contribution in [0.4, 0.5) is 10.5 Å². The number of nitrogens with one attached hydrogen (secondary N) is 2. The van der Waals surface area contributed by atoms with Gasteiger partial charge in [0.1, 0.15) is 10.9 Å². The summed E-state index contributed by atoms with van der Waals surface area (Å²) >= 11 is 6.00. The first kappa shape index (κ1) is 20.9. The maximum Gasteiger partial charge on any atom is 0.342 e. The Hall–Kier alpha value is -3.39. The van der Waals surface area contributed by atoms with Gasteiger partial charge in [-0.3, -0.25) is 4.79 Å². The van der Waals surface area contributed by atoms with Gasteiger partial charge in [-0.15, -0.1) is 0 Å². The number of pyridine rings is 1. The number of nitrogens with zero attached hydrogens (tertiary/aromatic N) is 3. The smallest absolute Gasteiger partial charge is 0.342 e. The minimum absolute atomic E-state index is 0.00151. The van der Waals surface area contributed by atoms with Gasteiger partial charge in [-0.2, -0.15) is 9.78 Å². The van der Waals surface area contributed by atoms with Crippen LogP contribution in [-0.4, -0.2) is 38.4 Å². The van der Waals surface area contributed by atoms with E-state index >= 15 is 0 Å². The number of aromatic nitrogens is 3. The average Bonchev–Trinajstić information content (AvgIpc) is 3.52. The summed E-state index contributed by atoms with van der Waals surface area (Å²) in [6.45, 7) is 2.54. The fourth-order valence-corrected chi connectivity index (χ4v) is 3.44. The molecule has 0 unspecified atom stereocenters. The number of carbonyl (C=O) groups excluding carboxylic acids is 2. The highest BCUT2D eigenvalue weighted by Gasteiger charge is 2.30. The number of benzene rings is 1. The van der Waals surface area contributed by atoms with Crippen LogP contribution in [0.15, 0.2) is 42.6 Å². The second-order valence-corrected chi connectivity index (χ2v) is 7.76. The van der Waals surface area contributed by atoms with Gasteiger partial charge in [-0.1, -0.05) is 18.5 Å². The predicted molar refractivity (Wildman–Crippen MR) is 118 cm³/mol. The molecule has 3 aromatic rings. The van der Waals surface area contributed by atoms with Gasteiger partial charge in [-0.25, -0.2) is 9.78 Å². The summed E-state index contributed by atoms with van der Waals surface area (Å²) in [5, 5.41) is 20.6. The lowest BCUT2D eigenvalue weighted by Crippen LogP contribution is -2.31. The van der Waals surface area contributed by atoms with E-state index in [0.717, 1.165) is 25.0 Å². The summed E-state index contributed by atoms with van der Waals surface area (Å²) in [5.41, 5.74) is 2.39. The molecule has 2 aromatic heterocycles. The molecule has 0 spiro atoms. The summed E-state index contributed by atoms with van der Waals surface area (Å²) in [6, 6.07) is 9.40. The Balaban J connectivity index is 1.63. The molecule has 3 N–H and O–H groups in total. The second-order valence-electron chi connectivity index (χ2n) is 7.40. The SMILES string of the molecule is CCCNC(=O)n1nc(-c2cc(NC(=O)c3cccnc3Cl)ccc2O)cc1C1CC1. The summed E-state index contributed by atoms with van der Waals surface area (Å²) in [6.07, 6.45) is 4.32. The lowest BCUT2D eigenvalue weighted by atomic mass is 10.1. The molecule has 0 bridgehead atoms. The van der Waals surface area contributed by atoms with Gasteiger partial charge >= 0.3 is 6.03 Å². The molecule has 0 atom stereocenters. The third kappa shape index (κ3) is 4.54. The van der Waals surface area contributed by atoms with Crippen LogP contribution in [0.25, 0.3) is 11.3 Å². The fourth-order valence-electron chi connectivity index (χ4n) is 3.24. The first-order valence-corrected chi connectivity index (χ1v) is 10.5. The summed E-state index contributed by atoms with van der Waals surface area (Å²) < 4.78 is 1.38. The van der Waals surface area contributed by atoms with E-state index in [0.29, 0.717) is 23.5 Å². The molecule has 8 nitrogen and oxygen atoms in total. The molecule has 1 aliphatic carbocycles. The van der Waals surface area contributed by atoms with Crippen LogP contribution in [0.1, 0.15) is 48.2 Å². The number of carbonyl (C=O) groups is 2. The molecule has 1 aromatic carbocycles. The Kier molecular flexibility index (Phi) is 5.90. The van der Waals surface area contributed by atoms with Crippen molar-refractivity contribution in [1.82, 2.24) is 20.1 Å². The molecule has 1 aliphatic rings. The quantitative estimate of drug-likeness (QED) is 0.389. The van der Waals surface area contributed by atoms with E-state index in [-0.39, 0.29) is 28.4 Å². The minimum Gasteiger partial charge on any atom is -0.507 e. The van der Waals surface area contributed by atoms with E-state index in [2.05, 4.69) is 20.7 Å². The zero-order valence-corrected chi connectivity index (χ0v) is 17.7. The number of amides is 2. The summed E-state index contributed by atoms with van der Waals surface area (Å²) in [7, 11) is 0. The van der Waals surface area contributed by atoms with Crippen LogP contribution >= 0.6 is 11.6 Å². The number of phenols is 1. The number of anilines is 1. The van der Waals surface area contributed by atoms with Crippen molar-refractivity contribution in [3.63, 3.8) is 0 Å². The third-order valence-corrected chi connectivity index (χ3v) is 5.29. The molecule has 1 saturated carbocycles. The van der Waals surface area contributed by atoms with E-state index in [1.54, 1.807) is 24.3 Å². The van der Waals surface area contributed by atoms with Gasteiger partial charge in [0.2, 0.25) is 0 Å². The van der Waals surface area contributed by atoms with Crippen LogP contribution in [0.2, 0.25) is 5.15 Å². The highest BCUT2D eigenvalue weighted by molar-refractivity contribution is 6.33. The lowest BCUT2D eigenvalue weighted by Gasteiger charge is -2.09. The molecular weight excluding hydrogens is 418 g/mol. The van der Waals surface area contributed by atoms with Crippen LogP contribution in [0.3, 0.4) is 0 Å². The van der Waals surface area contributed by atoms with Crippen molar-refractivity contribution in [1.29, 1.82) is 0 Å². The molecule has 2 amide bonds. The first-order valence-electron chi connectivity index (χ1n) is 10.1. The number of rotatable bonds is 6. The van der Waals surface area contributed by atoms with Gasteiger partial charge in [0.25, 0.3) is 5.91 Å². The van der Waals surface area contributed by atoms with Gasteiger partial charge in [0.15, 0.2) is 0 Å². The Bertz CT molecular complexity index is 1140. The van der Waals surface area contributed by atoms with Crippen LogP contribution in [0, 0.1) is 0 Å². The zero-order chi connectivity index (χ0) is 22.0. The molecule has 160 valence electrons. The largest absolute Gasteiger partial charge is 0.507 e. The van der Waals surface area contributed by atoms with E-state index in [1.165, 1.54) is 16.9 Å². The Morgan fingerprint density at radius 3 is 2.77 bits per heavy atom. The standard InChI is InChI=1S/C22H22ClN5O3/c1-2-9-25-22(31)28-18(13-5-6-13)12-17(27-28)16-11-14(7-8-19(16)29)26-21(30)15-4-3-10-24-20(15)23/h3-4,7-8,10-13,29H,2,5-6,9H2,1H3,(H,25,31)(H,26,30). The molecule has 9 heteroatoms. The zero-order valence-electron chi connectivity index (χ0n) is 16.9. The van der Waals surface area contributed by atoms with E-state index in [4.69, 9.17) is 11.6 Å². The fraction of sp³-hybridized carbons (Fsp3) is 0.273. The van der Waals surface area contributed by atoms with Gasteiger partial charge in [-0.05, 0) is 55.7 Å². The van der Waals surface area contributed by atoms with Crippen molar-refractivity contribution in [2.75, 3.05) is 11.9 Å². The van der Waals surface area contributed by atoms with E-state index < -0.39 is 5.91 Å². The van der Waals surface area contributed by atoms with Crippen LogP contribution in [-0.2, 0) is 0 Å². The maximum absolute atomic E-state index is 12.5. The first-order chi connectivity index (χ1) is 15.0. The predicted octanol–water partition coefficient (Wildman–Crippen LogP) is 4.40. The Morgan fingerprint density at radius 2 is 2.06 bits per heavy atom. The van der Waals surface area contributed by atoms with Crippen molar-refractivity contribution < 1.29 is 14.7 Å². The number of hydrogen-bond donors (Lipinski definition) is 3. The normalized spacial score (nSPS) is 13.1. The molecule has 0 aliphatic heterocycles. The van der Waals surface area contributed by atoms with Crippen LogP contribution < -0.4 is 10.6 Å². The number of phenolic OH excluding ortho intramolecular Hbond substituents is 1. The number of hydrogen-bond acceptors (Lipinski definition) is 5. The van der Waals surface area contributed by atoms with Gasteiger partial charge in [0, 0.05) is 29.9 Å². The van der Waals surface area contributed by atoms with Crippen molar-refractivity contribution in [3.8, 4) is 17.0 Å². The van der Waals surface area contributed by atoms with Crippen molar-refractivity contribution >= 4 is 29.2 Å². The lowest BCUT2D eigenvalue weighted by molar-refractivity contribution is 0.102. The van der Waals surface area contributed by atoms with E-state index in [9.17, 15) is 14.7 Å². The highest BCUT2D eigenvalue weighted by Crippen LogP contribution is 2.42. The maximum atomic E-state index is 12.5. The van der Waals surface area contributed by atoms with E-state index in [1.807, 2.05) is 13.0 Å². The topological polar surface area (TPSA) is 109 Å². The molecule has 0 saturated heterocycles. The third-order valence-electron chi connectivity index (χ3n) is 4.99. The minimum atomic E-state index is -0.419. The van der Waals surface area contributed by atoms with Crippen molar-refractivity contribution in [2.24, 2.45) is 0 Å². The summed E-state index contributed by atoms with van der Waals surface area (Å²) in [5.74, 6) is -0.136. The Labute approximate surface area is 184 Å². The van der Waals surface area contributed by atoms with Crippen molar-refractivity contribution in [3.05, 3.63) is 59.0 Å². The molecular formula is C22H22ClN5O3. The molecule has 0 radical (unpaired) electrons. The van der Waals surface area contributed by atoms with Crippen molar-refractivity contribution in [2.45, 2.75) is 32.1 Å². The summed E-state index contributed by atoms with van der Waals surface area (Å²) in [4.78, 5) is 29.0. The van der Waals surface area contributed by atoms with Gasteiger partial charge < -0.3 is 15.7 Å². The monoisotopic (exact) mass is 439 g/mol. The second kappa shape index (κ2) is 8.77.